The van der Waals surface area contributed by atoms with Gasteiger partial charge in [0, 0.05) is 17.4 Å². The van der Waals surface area contributed by atoms with Gasteiger partial charge in [0.25, 0.3) is 0 Å². The quantitative estimate of drug-likeness (QED) is 0.259. The Morgan fingerprint density at radius 2 is 0.750 bits per heavy atom. The van der Waals surface area contributed by atoms with Crippen LogP contribution in [0.3, 0.4) is 0 Å². The normalized spacial score (nSPS) is 9.67. The second-order valence-electron chi connectivity index (χ2n) is 0.896. The van der Waals surface area contributed by atoms with E-state index >= 15 is 0 Å². The zero-order valence-corrected chi connectivity index (χ0v) is 11.7. The second kappa shape index (κ2) is 9.46. The molecular weight excluding hydrogens is 283 g/mol. The van der Waals surface area contributed by atoms with E-state index in [2.05, 4.69) is 0 Å². The molecule has 0 fully saturated rings. The van der Waals surface area contributed by atoms with Crippen molar-refractivity contribution in [3.63, 3.8) is 0 Å². The Morgan fingerprint density at radius 3 is 0.750 bits per heavy atom. The molecule has 0 unspecified atom stereocenters. The van der Waals surface area contributed by atoms with E-state index in [1.807, 2.05) is 0 Å². The van der Waals surface area contributed by atoms with Crippen molar-refractivity contribution in [1.29, 1.82) is 0 Å². The monoisotopic (exact) mass is 288 g/mol. The van der Waals surface area contributed by atoms with Gasteiger partial charge in [0.2, 0.25) is 0 Å². The van der Waals surface area contributed by atoms with E-state index in [0.717, 1.165) is 0 Å². The predicted molar refractivity (Wildman–Crippen MR) is 29.5 cm³/mol. The fourth-order valence-corrected chi connectivity index (χ4v) is 0. The van der Waals surface area contributed by atoms with Crippen molar-refractivity contribution >= 4 is 20.8 Å². The Balaban J connectivity index is -0.0000000267. The molecule has 0 amide bonds. The Bertz CT molecular complexity index is 219. The maximum atomic E-state index is 8.74. The van der Waals surface area contributed by atoms with Crippen LogP contribution >= 0.6 is 0 Å². The van der Waals surface area contributed by atoms with Gasteiger partial charge in [0.15, 0.2) is 0 Å². The van der Waals surface area contributed by atoms with E-state index in [1.54, 1.807) is 0 Å². The van der Waals surface area contributed by atoms with Crippen molar-refractivity contribution in [3.8, 4) is 0 Å². The van der Waals surface area contributed by atoms with Crippen LogP contribution in [0.2, 0.25) is 0 Å². The first-order chi connectivity index (χ1) is 4.00. The van der Waals surface area contributed by atoms with Crippen LogP contribution in [-0.4, -0.2) is 35.0 Å². The molecule has 12 heavy (non-hydrogen) atoms. The third-order valence-corrected chi connectivity index (χ3v) is 0. The molecule has 0 aromatic carbocycles. The minimum absolute atomic E-state index is 0. The van der Waals surface area contributed by atoms with Crippen LogP contribution in [-0.2, 0) is 38.2 Å². The van der Waals surface area contributed by atoms with Crippen LogP contribution in [0.1, 0.15) is 1.43 Å². The third kappa shape index (κ3) is 389. The first-order valence-electron chi connectivity index (χ1n) is 1.40. The topological polar surface area (TPSA) is 149 Å². The molecule has 0 bridgehead atoms. The van der Waals surface area contributed by atoms with E-state index in [0.29, 0.717) is 0 Å². The first kappa shape index (κ1) is 23.6. The Hall–Kier alpha value is 1.91. The van der Waals surface area contributed by atoms with Crippen molar-refractivity contribution in [2.45, 2.75) is 0 Å². The van der Waals surface area contributed by atoms with Gasteiger partial charge in [-0.2, -0.15) is 16.8 Å². The summed E-state index contributed by atoms with van der Waals surface area (Å²) >= 11 is 0. The summed E-state index contributed by atoms with van der Waals surface area (Å²) in [5.74, 6) is 0. The molecular formula is H5CrKO8S2. The van der Waals surface area contributed by atoms with Gasteiger partial charge in [-0.3, -0.25) is 18.2 Å². The summed E-state index contributed by atoms with van der Waals surface area (Å²) in [6, 6.07) is 0. The van der Waals surface area contributed by atoms with Crippen LogP contribution < -0.4 is 51.4 Å². The number of rotatable bonds is 0. The summed E-state index contributed by atoms with van der Waals surface area (Å²) in [7, 11) is -9.33. The molecule has 0 radical (unpaired) electrons. The van der Waals surface area contributed by atoms with Gasteiger partial charge in [0.1, 0.15) is 0 Å². The number of hydrogen-bond acceptors (Lipinski definition) is 4. The molecule has 72 valence electrons. The maximum absolute atomic E-state index is 8.74. The minimum atomic E-state index is -4.67. The molecule has 0 aliphatic carbocycles. The van der Waals surface area contributed by atoms with Gasteiger partial charge >= 0.3 is 72.2 Å². The largest absolute Gasteiger partial charge is 1.00 e. The molecule has 0 saturated heterocycles. The standard InChI is InChI=1S/Cr.K.2H2O4S.H/c;;2*1-5(2,3)4;/h;;2*(H2,1,2,3,4);/q;+1;;;-1. The summed E-state index contributed by atoms with van der Waals surface area (Å²) in [5.41, 5.74) is 0. The van der Waals surface area contributed by atoms with Crippen molar-refractivity contribution in [2.75, 3.05) is 0 Å². The summed E-state index contributed by atoms with van der Waals surface area (Å²) in [6.45, 7) is 0. The molecule has 8 nitrogen and oxygen atoms in total. The molecule has 4 N–H and O–H groups in total. The molecule has 0 aliphatic rings. The van der Waals surface area contributed by atoms with Crippen molar-refractivity contribution in [3.05, 3.63) is 0 Å². The smallest absolute Gasteiger partial charge is 1.00 e. The van der Waals surface area contributed by atoms with E-state index in [4.69, 9.17) is 35.0 Å². The SMILES string of the molecule is O=S(=O)(O)O.O=S(=O)(O)O.[Cr].[H-].[K+]. The van der Waals surface area contributed by atoms with Gasteiger partial charge < -0.3 is 1.43 Å². The van der Waals surface area contributed by atoms with Crippen molar-refractivity contribution < 1.29 is 105 Å². The van der Waals surface area contributed by atoms with E-state index in [1.165, 1.54) is 0 Å². The average molecular weight is 288 g/mol. The van der Waals surface area contributed by atoms with E-state index < -0.39 is 20.8 Å². The fourth-order valence-electron chi connectivity index (χ4n) is 0. The van der Waals surface area contributed by atoms with Gasteiger partial charge in [-0.15, -0.1) is 0 Å². The Morgan fingerprint density at radius 1 is 0.750 bits per heavy atom. The molecule has 0 aliphatic heterocycles. The average Bonchev–Trinajstić information content (AvgIpc) is 1.12. The van der Waals surface area contributed by atoms with Crippen molar-refractivity contribution in [1.82, 2.24) is 0 Å². The second-order valence-corrected chi connectivity index (χ2v) is 2.69. The molecule has 0 saturated carbocycles. The van der Waals surface area contributed by atoms with Gasteiger partial charge in [-0.25, -0.2) is 0 Å². The van der Waals surface area contributed by atoms with Crippen LogP contribution in [0.5, 0.6) is 0 Å². The van der Waals surface area contributed by atoms with E-state index in [-0.39, 0.29) is 70.2 Å². The number of hydrogen-bond donors (Lipinski definition) is 4. The maximum Gasteiger partial charge on any atom is 1.00 e. The molecule has 0 aromatic rings. The van der Waals surface area contributed by atoms with Gasteiger partial charge in [-0.05, 0) is 0 Å². The predicted octanol–water partition coefficient (Wildman–Crippen LogP) is -4.19. The van der Waals surface area contributed by atoms with Crippen LogP contribution in [0.15, 0.2) is 0 Å². The summed E-state index contributed by atoms with van der Waals surface area (Å²) in [5, 5.41) is 0. The van der Waals surface area contributed by atoms with E-state index in [9.17, 15) is 0 Å². The molecule has 0 aromatic heterocycles. The minimum Gasteiger partial charge on any atom is -1.00 e. The molecule has 0 heterocycles. The van der Waals surface area contributed by atoms with Gasteiger partial charge in [-0.1, -0.05) is 0 Å². The molecule has 0 rings (SSSR count). The summed E-state index contributed by atoms with van der Waals surface area (Å²) in [4.78, 5) is 0. The fraction of sp³-hybridized carbons (Fsp3) is 0. The van der Waals surface area contributed by atoms with Crippen LogP contribution in [0, 0.1) is 0 Å². The third-order valence-electron chi connectivity index (χ3n) is 0. The summed E-state index contributed by atoms with van der Waals surface area (Å²) in [6.07, 6.45) is 0. The zero-order valence-electron chi connectivity index (χ0n) is 6.65. The molecule has 0 spiro atoms. The summed E-state index contributed by atoms with van der Waals surface area (Å²) < 4.78 is 63.2. The Labute approximate surface area is 124 Å². The van der Waals surface area contributed by atoms with Gasteiger partial charge in [0.05, 0.1) is 0 Å². The first-order valence-corrected chi connectivity index (χ1v) is 4.19. The van der Waals surface area contributed by atoms with Crippen LogP contribution in [0.4, 0.5) is 0 Å². The van der Waals surface area contributed by atoms with Crippen molar-refractivity contribution in [2.24, 2.45) is 0 Å². The molecule has 0 atom stereocenters. The van der Waals surface area contributed by atoms with Crippen LogP contribution in [0.25, 0.3) is 0 Å². The Kier molecular flexibility index (Phi) is 18.6. The zero-order chi connectivity index (χ0) is 9.00. The molecule has 12 heteroatoms.